The summed E-state index contributed by atoms with van der Waals surface area (Å²) in [4.78, 5) is 22.7. The molecule has 0 amide bonds. The van der Waals surface area contributed by atoms with Gasteiger partial charge in [0.15, 0.2) is 11.3 Å². The molecular formula is C13H17NO6S. The molecule has 0 saturated heterocycles. The molecule has 1 unspecified atom stereocenters. The number of benzene rings is 1. The molecule has 0 saturated carbocycles. The van der Waals surface area contributed by atoms with E-state index in [0.717, 1.165) is 0 Å². The van der Waals surface area contributed by atoms with Crippen molar-refractivity contribution >= 4 is 22.0 Å². The van der Waals surface area contributed by atoms with Gasteiger partial charge in [-0.25, -0.2) is 13.2 Å². The van der Waals surface area contributed by atoms with Crippen LogP contribution in [-0.2, 0) is 29.9 Å². The molecule has 0 aliphatic rings. The Kier molecular flexibility index (Phi) is 5.45. The fraction of sp³-hybridized carbons (Fsp3) is 0.385. The minimum atomic E-state index is -4.16. The van der Waals surface area contributed by atoms with Crippen LogP contribution in [0.2, 0.25) is 0 Å². The number of carbonyl (C=O) groups excluding carboxylic acids is 1. The molecular weight excluding hydrogens is 298 g/mol. The highest BCUT2D eigenvalue weighted by Crippen LogP contribution is 2.22. The molecule has 0 radical (unpaired) electrons. The number of aliphatic carboxylic acids is 1. The Morgan fingerprint density at radius 2 is 1.86 bits per heavy atom. The van der Waals surface area contributed by atoms with Crippen LogP contribution in [0.5, 0.6) is 0 Å². The van der Waals surface area contributed by atoms with Crippen LogP contribution < -0.4 is 4.72 Å². The normalized spacial score (nSPS) is 14.2. The highest BCUT2D eigenvalue weighted by Gasteiger charge is 2.39. The van der Waals surface area contributed by atoms with Crippen LogP contribution in [0.25, 0.3) is 0 Å². The van der Waals surface area contributed by atoms with Gasteiger partial charge in [0, 0.05) is 0 Å². The van der Waals surface area contributed by atoms with Gasteiger partial charge in [-0.15, -0.1) is 0 Å². The maximum Gasteiger partial charge on any atom is 0.329 e. The first-order chi connectivity index (χ1) is 9.71. The maximum absolute atomic E-state index is 11.9. The average Bonchev–Trinajstić information content (AvgIpc) is 2.38. The lowest BCUT2D eigenvalue weighted by atomic mass is 9.94. The van der Waals surface area contributed by atoms with E-state index in [1.54, 1.807) is 25.1 Å². The minimum Gasteiger partial charge on any atom is -0.480 e. The molecule has 8 heteroatoms. The van der Waals surface area contributed by atoms with E-state index in [1.165, 1.54) is 19.1 Å². The van der Waals surface area contributed by atoms with Crippen LogP contribution in [0.15, 0.2) is 30.3 Å². The van der Waals surface area contributed by atoms with Crippen LogP contribution in [0.4, 0.5) is 0 Å². The van der Waals surface area contributed by atoms with Crippen molar-refractivity contribution in [3.63, 3.8) is 0 Å². The van der Waals surface area contributed by atoms with Crippen LogP contribution in [0.1, 0.15) is 19.4 Å². The zero-order valence-electron chi connectivity index (χ0n) is 11.7. The molecule has 21 heavy (non-hydrogen) atoms. The van der Waals surface area contributed by atoms with E-state index < -0.39 is 33.3 Å². The van der Waals surface area contributed by atoms with E-state index >= 15 is 0 Å². The van der Waals surface area contributed by atoms with Crippen molar-refractivity contribution in [2.45, 2.75) is 19.4 Å². The zero-order chi connectivity index (χ0) is 16.1. The molecule has 1 aromatic carbocycles. The molecule has 0 heterocycles. The number of carboxylic acids is 1. The number of sulfonamides is 1. The third kappa shape index (κ3) is 4.54. The number of rotatable bonds is 7. The number of carbonyl (C=O) groups is 2. The Balaban J connectivity index is 3.04. The lowest BCUT2D eigenvalue weighted by molar-refractivity contribution is -0.144. The first-order valence-electron chi connectivity index (χ1n) is 6.17. The summed E-state index contributed by atoms with van der Waals surface area (Å²) in [5.74, 6) is -3.25. The van der Waals surface area contributed by atoms with Crippen molar-refractivity contribution in [1.82, 2.24) is 4.72 Å². The first kappa shape index (κ1) is 17.1. The number of esters is 1. The first-order valence-corrected chi connectivity index (χ1v) is 7.82. The summed E-state index contributed by atoms with van der Waals surface area (Å²) in [6, 6.07) is 7.84. The van der Waals surface area contributed by atoms with E-state index in [0.29, 0.717) is 0 Å². The van der Waals surface area contributed by atoms with Gasteiger partial charge in [-0.05, 0) is 19.4 Å². The summed E-state index contributed by atoms with van der Waals surface area (Å²) >= 11 is 0. The van der Waals surface area contributed by atoms with Crippen LogP contribution in [-0.4, -0.2) is 37.8 Å². The molecule has 2 N–H and O–H groups in total. The van der Waals surface area contributed by atoms with Gasteiger partial charge in [-0.2, -0.15) is 4.72 Å². The summed E-state index contributed by atoms with van der Waals surface area (Å²) in [5, 5.41) is 9.34. The monoisotopic (exact) mass is 315 g/mol. The third-order valence-corrected chi connectivity index (χ3v) is 4.09. The minimum absolute atomic E-state index is 0.0449. The van der Waals surface area contributed by atoms with Gasteiger partial charge in [0.1, 0.15) is 0 Å². The number of hydrogen-bond acceptors (Lipinski definition) is 5. The highest BCUT2D eigenvalue weighted by atomic mass is 32.2. The average molecular weight is 315 g/mol. The quantitative estimate of drug-likeness (QED) is 0.708. The number of carboxylic acid groups (broad SMARTS) is 1. The van der Waals surface area contributed by atoms with Gasteiger partial charge in [-0.1, -0.05) is 30.3 Å². The second-order valence-electron chi connectivity index (χ2n) is 4.46. The Labute approximate surface area is 123 Å². The smallest absolute Gasteiger partial charge is 0.329 e. The van der Waals surface area contributed by atoms with Crippen molar-refractivity contribution in [3.05, 3.63) is 35.9 Å². The summed E-state index contributed by atoms with van der Waals surface area (Å²) < 4.78 is 30.5. The van der Waals surface area contributed by atoms with Crippen LogP contribution in [0, 0.1) is 0 Å². The van der Waals surface area contributed by atoms with E-state index in [2.05, 4.69) is 4.74 Å². The van der Waals surface area contributed by atoms with Crippen LogP contribution in [0.3, 0.4) is 0 Å². The molecule has 116 valence electrons. The number of ether oxygens (including phenoxy) is 1. The zero-order valence-corrected chi connectivity index (χ0v) is 12.5. The van der Waals surface area contributed by atoms with Gasteiger partial charge in [0.05, 0.1) is 6.61 Å². The molecule has 1 atom stereocenters. The Morgan fingerprint density at radius 3 is 2.33 bits per heavy atom. The van der Waals surface area contributed by atoms with Gasteiger partial charge in [0.2, 0.25) is 10.0 Å². The fourth-order valence-corrected chi connectivity index (χ4v) is 3.00. The van der Waals surface area contributed by atoms with E-state index in [4.69, 9.17) is 0 Å². The molecule has 1 rings (SSSR count). The third-order valence-electron chi connectivity index (χ3n) is 2.75. The van der Waals surface area contributed by atoms with Crippen molar-refractivity contribution in [2.24, 2.45) is 0 Å². The standard InChI is InChI=1S/C13H17NO6S/c1-3-20-11(15)9-21(18,19)14-13(2,12(16)17)10-7-5-4-6-8-10/h4-8,14H,3,9H2,1-2H3,(H,16,17). The molecule has 0 spiro atoms. The summed E-state index contributed by atoms with van der Waals surface area (Å²) in [6.45, 7) is 2.81. The van der Waals surface area contributed by atoms with Crippen LogP contribution >= 0.6 is 0 Å². The highest BCUT2D eigenvalue weighted by molar-refractivity contribution is 7.90. The van der Waals surface area contributed by atoms with Crippen molar-refractivity contribution in [3.8, 4) is 0 Å². The van der Waals surface area contributed by atoms with Crippen molar-refractivity contribution in [1.29, 1.82) is 0 Å². The van der Waals surface area contributed by atoms with Gasteiger partial charge in [0.25, 0.3) is 0 Å². The number of nitrogens with one attached hydrogen (secondary N) is 1. The molecule has 1 aromatic rings. The molecule has 7 nitrogen and oxygen atoms in total. The van der Waals surface area contributed by atoms with Gasteiger partial charge >= 0.3 is 11.9 Å². The van der Waals surface area contributed by atoms with E-state index in [9.17, 15) is 23.1 Å². The maximum atomic E-state index is 11.9. The topological polar surface area (TPSA) is 110 Å². The molecule has 0 aliphatic heterocycles. The predicted octanol–water partition coefficient (Wildman–Crippen LogP) is 0.469. The van der Waals surface area contributed by atoms with Gasteiger partial charge < -0.3 is 9.84 Å². The van der Waals surface area contributed by atoms with E-state index in [1.807, 2.05) is 4.72 Å². The van der Waals surface area contributed by atoms with Crippen molar-refractivity contribution in [2.75, 3.05) is 12.4 Å². The molecule has 0 aromatic heterocycles. The summed E-state index contributed by atoms with van der Waals surface area (Å²) in [5.41, 5.74) is -1.61. The second kappa shape index (κ2) is 6.68. The number of hydrogen-bond donors (Lipinski definition) is 2. The lowest BCUT2D eigenvalue weighted by Gasteiger charge is -2.26. The Morgan fingerprint density at radius 1 is 1.29 bits per heavy atom. The molecule has 0 bridgehead atoms. The Hall–Kier alpha value is -1.93. The van der Waals surface area contributed by atoms with E-state index in [-0.39, 0.29) is 12.2 Å². The molecule has 0 fully saturated rings. The van der Waals surface area contributed by atoms with Crippen molar-refractivity contribution < 1.29 is 27.9 Å². The predicted molar refractivity (Wildman–Crippen MR) is 75.0 cm³/mol. The SMILES string of the molecule is CCOC(=O)CS(=O)(=O)NC(C)(C(=O)O)c1ccccc1. The molecule has 0 aliphatic carbocycles. The lowest BCUT2D eigenvalue weighted by Crippen LogP contribution is -2.50. The summed E-state index contributed by atoms with van der Waals surface area (Å²) in [6.07, 6.45) is 0. The van der Waals surface area contributed by atoms with Gasteiger partial charge in [-0.3, -0.25) is 4.79 Å². The summed E-state index contributed by atoms with van der Waals surface area (Å²) in [7, 11) is -4.16. The second-order valence-corrected chi connectivity index (χ2v) is 6.18. The fourth-order valence-electron chi connectivity index (χ4n) is 1.70. The Bertz CT molecular complexity index is 613. The largest absolute Gasteiger partial charge is 0.480 e.